The molecule has 0 radical (unpaired) electrons. The van der Waals surface area contributed by atoms with E-state index in [4.69, 9.17) is 26.1 Å². The van der Waals surface area contributed by atoms with Crippen molar-refractivity contribution in [3.05, 3.63) is 93.5 Å². The van der Waals surface area contributed by atoms with Crippen LogP contribution in [0.1, 0.15) is 30.9 Å². The number of pyridine rings is 2. The van der Waals surface area contributed by atoms with Gasteiger partial charge in [-0.1, -0.05) is 48.0 Å². The lowest BCUT2D eigenvalue weighted by atomic mass is 9.96. The molecule has 0 amide bonds. The van der Waals surface area contributed by atoms with Crippen molar-refractivity contribution < 1.29 is 14.3 Å². The van der Waals surface area contributed by atoms with Gasteiger partial charge in [-0.25, -0.2) is 14.6 Å². The zero-order chi connectivity index (χ0) is 33.1. The third kappa shape index (κ3) is 6.57. The molecule has 0 spiro atoms. The number of carbonyl (C=O) groups excluding carboxylic acids is 1. The molecule has 0 unspecified atom stereocenters. The van der Waals surface area contributed by atoms with Gasteiger partial charge in [-0.15, -0.1) is 0 Å². The van der Waals surface area contributed by atoms with Gasteiger partial charge in [-0.05, 0) is 69.1 Å². The first-order valence-corrected chi connectivity index (χ1v) is 16.1. The summed E-state index contributed by atoms with van der Waals surface area (Å²) in [6.07, 6.45) is 4.87. The highest BCUT2D eigenvalue weighted by Crippen LogP contribution is 2.40. The number of nitrogens with zero attached hydrogens (tertiary/aromatic N) is 5. The molecule has 0 atom stereocenters. The molecule has 1 N–H and O–H groups in total. The second-order valence-corrected chi connectivity index (χ2v) is 12.0. The number of halogens is 1. The Morgan fingerprint density at radius 3 is 2.55 bits per heavy atom. The maximum Gasteiger partial charge on any atom is 0.309 e. The minimum Gasteiger partial charge on any atom is -0.481 e. The van der Waals surface area contributed by atoms with E-state index in [2.05, 4.69) is 20.3 Å². The molecule has 242 valence electrons. The fraction of sp³-hybridized carbons (Fsp3) is 0.306. The van der Waals surface area contributed by atoms with E-state index in [9.17, 15) is 9.59 Å². The normalized spacial score (nSPS) is 13.9. The molecule has 0 aliphatic carbocycles. The summed E-state index contributed by atoms with van der Waals surface area (Å²) in [5.41, 5.74) is 5.78. The van der Waals surface area contributed by atoms with E-state index in [1.165, 1.54) is 4.68 Å². The number of aryl methyl sites for hydroxylation is 1. The average Bonchev–Trinajstić information content (AvgIpc) is 3.08. The third-order valence-electron chi connectivity index (χ3n) is 8.75. The summed E-state index contributed by atoms with van der Waals surface area (Å²) in [4.78, 5) is 36.7. The van der Waals surface area contributed by atoms with Gasteiger partial charge in [-0.3, -0.25) is 14.5 Å². The van der Waals surface area contributed by atoms with Crippen molar-refractivity contribution in [3.8, 4) is 28.3 Å². The number of piperidine rings is 1. The van der Waals surface area contributed by atoms with Crippen LogP contribution < -0.4 is 15.6 Å². The molecule has 10 nitrogen and oxygen atoms in total. The van der Waals surface area contributed by atoms with E-state index >= 15 is 0 Å². The first kappa shape index (κ1) is 32.2. The smallest absolute Gasteiger partial charge is 0.309 e. The highest BCUT2D eigenvalue weighted by molar-refractivity contribution is 6.36. The Labute approximate surface area is 278 Å². The number of fused-ring (bicyclic) bond motifs is 1. The van der Waals surface area contributed by atoms with Crippen molar-refractivity contribution in [2.75, 3.05) is 32.1 Å². The van der Waals surface area contributed by atoms with Crippen molar-refractivity contribution >= 4 is 39.8 Å². The van der Waals surface area contributed by atoms with E-state index in [0.717, 1.165) is 59.4 Å². The quantitative estimate of drug-likeness (QED) is 0.177. The number of esters is 1. The van der Waals surface area contributed by atoms with Gasteiger partial charge in [0.2, 0.25) is 5.88 Å². The van der Waals surface area contributed by atoms with Gasteiger partial charge >= 0.3 is 5.97 Å². The first-order chi connectivity index (χ1) is 22.8. The van der Waals surface area contributed by atoms with Crippen LogP contribution in [0.3, 0.4) is 0 Å². The lowest BCUT2D eigenvalue weighted by Gasteiger charge is -2.31. The van der Waals surface area contributed by atoms with Crippen LogP contribution in [-0.4, -0.2) is 57.4 Å². The van der Waals surface area contributed by atoms with E-state index < -0.39 is 0 Å². The van der Waals surface area contributed by atoms with Crippen molar-refractivity contribution in [2.24, 2.45) is 13.0 Å². The van der Waals surface area contributed by atoms with Gasteiger partial charge in [0.05, 0.1) is 41.9 Å². The van der Waals surface area contributed by atoms with Crippen LogP contribution in [0.15, 0.2) is 71.8 Å². The van der Waals surface area contributed by atoms with Crippen LogP contribution in [0.5, 0.6) is 5.88 Å². The number of likely N-dealkylation sites (tertiary alicyclic amines) is 1. The molecule has 1 aliphatic heterocycles. The Hall–Kier alpha value is -4.80. The second-order valence-electron chi connectivity index (χ2n) is 11.6. The predicted octanol–water partition coefficient (Wildman–Crippen LogP) is 6.55. The first-order valence-electron chi connectivity index (χ1n) is 15.7. The highest BCUT2D eigenvalue weighted by atomic mass is 35.5. The third-order valence-corrected chi connectivity index (χ3v) is 9.15. The van der Waals surface area contributed by atoms with Gasteiger partial charge in [0, 0.05) is 47.6 Å². The molecule has 4 heterocycles. The number of anilines is 2. The van der Waals surface area contributed by atoms with E-state index in [-0.39, 0.29) is 17.4 Å². The lowest BCUT2D eigenvalue weighted by molar-refractivity contribution is -0.149. The molecule has 47 heavy (non-hydrogen) atoms. The van der Waals surface area contributed by atoms with Crippen LogP contribution in [-0.2, 0) is 23.1 Å². The summed E-state index contributed by atoms with van der Waals surface area (Å²) >= 11 is 7.12. The maximum atomic E-state index is 12.9. The Kier molecular flexibility index (Phi) is 9.51. The molecule has 2 aromatic carbocycles. The van der Waals surface area contributed by atoms with Crippen LogP contribution in [0.2, 0.25) is 5.02 Å². The number of benzene rings is 2. The van der Waals surface area contributed by atoms with Crippen molar-refractivity contribution in [1.29, 1.82) is 0 Å². The zero-order valence-corrected chi connectivity index (χ0v) is 27.7. The Morgan fingerprint density at radius 1 is 1.04 bits per heavy atom. The summed E-state index contributed by atoms with van der Waals surface area (Å²) in [5.74, 6) is 0.873. The molecule has 1 aliphatic rings. The van der Waals surface area contributed by atoms with Gasteiger partial charge in [0.25, 0.3) is 5.56 Å². The number of hydrogen-bond donors (Lipinski definition) is 1. The van der Waals surface area contributed by atoms with Crippen molar-refractivity contribution in [3.63, 3.8) is 0 Å². The molecule has 6 rings (SSSR count). The Morgan fingerprint density at radius 2 is 1.79 bits per heavy atom. The van der Waals surface area contributed by atoms with Gasteiger partial charge in [0.1, 0.15) is 5.82 Å². The average molecular weight is 653 g/mol. The standard InChI is InChI=1S/C36H37ClN6O4/c1-5-47-36(45)23-15-18-43(19-16-23)21-25-12-13-30(41-34(25)46-4)28-10-6-9-27(32(28)37)26-8-7-11-29(22(26)2)40-33-31-24(14-17-38-33)20-39-42(3)35(31)44/h6-14,17,20,23H,5,15-16,18-19,21H2,1-4H3,(H,38,40). The number of ether oxygens (including phenoxy) is 2. The number of nitrogens with one attached hydrogen (secondary N) is 1. The van der Waals surface area contributed by atoms with Crippen molar-refractivity contribution in [1.82, 2.24) is 24.6 Å². The number of carbonyl (C=O) groups is 1. The number of rotatable bonds is 9. The van der Waals surface area contributed by atoms with Crippen LogP contribution in [0.25, 0.3) is 33.2 Å². The topological polar surface area (TPSA) is 111 Å². The Balaban J connectivity index is 1.26. The van der Waals surface area contributed by atoms with Gasteiger partial charge < -0.3 is 14.8 Å². The minimum absolute atomic E-state index is 0.0374. The zero-order valence-electron chi connectivity index (χ0n) is 26.9. The second kappa shape index (κ2) is 13.9. The fourth-order valence-electron chi connectivity index (χ4n) is 6.14. The minimum atomic E-state index is -0.227. The fourth-order valence-corrected chi connectivity index (χ4v) is 6.46. The maximum absolute atomic E-state index is 12.9. The molecule has 5 aromatic rings. The van der Waals surface area contributed by atoms with Gasteiger partial charge in [-0.2, -0.15) is 5.10 Å². The summed E-state index contributed by atoms with van der Waals surface area (Å²) in [6, 6.07) is 17.6. The molecule has 1 saturated heterocycles. The van der Waals surface area contributed by atoms with Crippen molar-refractivity contribution in [2.45, 2.75) is 33.2 Å². The molecule has 0 saturated carbocycles. The molecule has 0 bridgehead atoms. The SMILES string of the molecule is CCOC(=O)C1CCN(Cc2ccc(-c3cccc(-c4cccc(Nc5nccc6cnn(C)c(=O)c56)c4C)c3Cl)nc2OC)CC1. The Bertz CT molecular complexity index is 2000. The predicted molar refractivity (Wildman–Crippen MR) is 184 cm³/mol. The monoisotopic (exact) mass is 652 g/mol. The number of hydrogen-bond acceptors (Lipinski definition) is 9. The van der Waals surface area contributed by atoms with Crippen LogP contribution in [0, 0.1) is 12.8 Å². The summed E-state index contributed by atoms with van der Waals surface area (Å²) < 4.78 is 12.3. The number of methoxy groups -OCH3 is 1. The summed E-state index contributed by atoms with van der Waals surface area (Å²) in [6.45, 7) is 6.55. The molecule has 3 aromatic heterocycles. The molecule has 11 heteroatoms. The van der Waals surface area contributed by atoms with Crippen LogP contribution in [0.4, 0.5) is 11.5 Å². The molecular formula is C36H37ClN6O4. The summed E-state index contributed by atoms with van der Waals surface area (Å²) in [7, 11) is 3.25. The van der Waals surface area contributed by atoms with E-state index in [0.29, 0.717) is 46.3 Å². The highest BCUT2D eigenvalue weighted by Gasteiger charge is 2.27. The molecular weight excluding hydrogens is 616 g/mol. The number of aromatic nitrogens is 4. The molecule has 1 fully saturated rings. The largest absolute Gasteiger partial charge is 0.481 e. The summed E-state index contributed by atoms with van der Waals surface area (Å²) in [5, 5.41) is 9.26. The van der Waals surface area contributed by atoms with Crippen LogP contribution >= 0.6 is 11.6 Å². The van der Waals surface area contributed by atoms with E-state index in [1.807, 2.05) is 62.4 Å². The lowest BCUT2D eigenvalue weighted by Crippen LogP contribution is -2.36. The van der Waals surface area contributed by atoms with Gasteiger partial charge in [0.15, 0.2) is 0 Å². The van der Waals surface area contributed by atoms with E-state index in [1.54, 1.807) is 32.6 Å².